The fourth-order valence-electron chi connectivity index (χ4n) is 2.58. The summed E-state index contributed by atoms with van der Waals surface area (Å²) in [5.41, 5.74) is 0.662. The second kappa shape index (κ2) is 7.97. The molecule has 0 aliphatic heterocycles. The Morgan fingerprint density at radius 1 is 1.14 bits per heavy atom. The topological polar surface area (TPSA) is 99.2 Å². The van der Waals surface area contributed by atoms with Gasteiger partial charge in [0.15, 0.2) is 0 Å². The highest BCUT2D eigenvalue weighted by Crippen LogP contribution is 2.36. The largest absolute Gasteiger partial charge is 0.494 e. The van der Waals surface area contributed by atoms with Crippen molar-refractivity contribution in [3.05, 3.63) is 66.5 Å². The van der Waals surface area contributed by atoms with Crippen molar-refractivity contribution in [3.63, 3.8) is 0 Å². The molecule has 0 bridgehead atoms. The molecule has 3 N–H and O–H groups in total. The van der Waals surface area contributed by atoms with Crippen molar-refractivity contribution in [3.8, 4) is 11.8 Å². The lowest BCUT2D eigenvalue weighted by Gasteiger charge is -2.02. The molecule has 3 aromatic rings. The summed E-state index contributed by atoms with van der Waals surface area (Å²) in [6, 6.07) is 9.80. The molecule has 7 nitrogen and oxygen atoms in total. The van der Waals surface area contributed by atoms with Crippen LogP contribution in [0, 0.1) is 5.82 Å². The number of nitrogens with zero attached hydrogens (tertiary/aromatic N) is 3. The van der Waals surface area contributed by atoms with Crippen molar-refractivity contribution < 1.29 is 19.4 Å². The molecule has 0 saturated carbocycles. The Morgan fingerprint density at radius 2 is 1.82 bits per heavy atom. The maximum atomic E-state index is 12.9. The maximum absolute atomic E-state index is 12.9. The molecular formula is C19H15FN4O3S. The number of azo groups is 1. The molecule has 0 saturated heterocycles. The molecule has 0 spiro atoms. The lowest BCUT2D eigenvalue weighted by atomic mass is 10.1. The Labute approximate surface area is 164 Å². The van der Waals surface area contributed by atoms with Crippen molar-refractivity contribution in [1.29, 1.82) is 0 Å². The predicted molar refractivity (Wildman–Crippen MR) is 107 cm³/mol. The van der Waals surface area contributed by atoms with Gasteiger partial charge in [0.2, 0.25) is 16.9 Å². The lowest BCUT2D eigenvalue weighted by molar-refractivity contribution is 0.0995. The minimum Gasteiger partial charge on any atom is -0.494 e. The van der Waals surface area contributed by atoms with E-state index in [1.165, 1.54) is 53.1 Å². The van der Waals surface area contributed by atoms with Gasteiger partial charge in [-0.1, -0.05) is 6.08 Å². The number of carbonyl (C=O) groups excluding carboxylic acids is 1. The molecule has 1 amide bonds. The Kier molecular flexibility index (Phi) is 5.46. The highest BCUT2D eigenvalue weighted by Gasteiger charge is 2.17. The highest BCUT2D eigenvalue weighted by atomic mass is 32.1. The van der Waals surface area contributed by atoms with Gasteiger partial charge in [-0.3, -0.25) is 9.36 Å². The van der Waals surface area contributed by atoms with Gasteiger partial charge in [0.25, 0.3) is 5.91 Å². The molecule has 2 aromatic carbocycles. The van der Waals surface area contributed by atoms with Crippen LogP contribution in [0.5, 0.6) is 11.8 Å². The number of hydrogen-bond donors (Lipinski definition) is 3. The van der Waals surface area contributed by atoms with Crippen LogP contribution in [0.2, 0.25) is 0 Å². The number of aromatic nitrogens is 1. The van der Waals surface area contributed by atoms with E-state index in [-0.39, 0.29) is 34.8 Å². The van der Waals surface area contributed by atoms with E-state index in [9.17, 15) is 19.4 Å². The number of amides is 1. The van der Waals surface area contributed by atoms with Gasteiger partial charge in [0, 0.05) is 28.6 Å². The summed E-state index contributed by atoms with van der Waals surface area (Å²) < 4.78 is 14.1. The fourth-order valence-corrected chi connectivity index (χ4v) is 2.74. The average molecular weight is 398 g/mol. The molecular weight excluding hydrogens is 383 g/mol. The van der Waals surface area contributed by atoms with Crippen molar-refractivity contribution in [1.82, 2.24) is 4.57 Å². The standard InChI is InChI=1S/C19H15FN4O3S/c1-2-9-24-17(26)14-8-3-11(10-15(14)18(24)27)16(25)22-23-19(28)21-13-6-4-12(20)5-7-13/h2-8,10,26-27H,1,9H2,(H,21,28). The van der Waals surface area contributed by atoms with E-state index in [0.717, 1.165) is 0 Å². The van der Waals surface area contributed by atoms with Crippen LogP contribution >= 0.6 is 12.2 Å². The van der Waals surface area contributed by atoms with Gasteiger partial charge < -0.3 is 15.5 Å². The molecule has 0 atom stereocenters. The van der Waals surface area contributed by atoms with Crippen LogP contribution < -0.4 is 5.32 Å². The first-order valence-corrected chi connectivity index (χ1v) is 8.49. The number of benzene rings is 2. The third-order valence-corrected chi connectivity index (χ3v) is 4.08. The van der Waals surface area contributed by atoms with Crippen molar-refractivity contribution in [2.45, 2.75) is 6.54 Å². The van der Waals surface area contributed by atoms with Gasteiger partial charge >= 0.3 is 0 Å². The monoisotopic (exact) mass is 398 g/mol. The number of fused-ring (bicyclic) bond motifs is 1. The normalized spacial score (nSPS) is 11.0. The second-order valence-electron chi connectivity index (χ2n) is 5.75. The number of carbonyl (C=O) groups is 1. The molecule has 1 heterocycles. The highest BCUT2D eigenvalue weighted by molar-refractivity contribution is 7.80. The quantitative estimate of drug-likeness (QED) is 0.344. The second-order valence-corrected chi connectivity index (χ2v) is 6.14. The van der Waals surface area contributed by atoms with Crippen LogP contribution in [0.25, 0.3) is 10.8 Å². The summed E-state index contributed by atoms with van der Waals surface area (Å²) in [5.74, 6) is -1.38. The molecule has 0 aliphatic carbocycles. The average Bonchev–Trinajstić information content (AvgIpc) is 2.92. The molecule has 0 unspecified atom stereocenters. The van der Waals surface area contributed by atoms with Crippen LogP contribution in [-0.4, -0.2) is 25.8 Å². The molecule has 0 radical (unpaired) electrons. The summed E-state index contributed by atoms with van der Waals surface area (Å²) in [6.07, 6.45) is 1.52. The minimum absolute atomic E-state index is 0.0707. The van der Waals surface area contributed by atoms with Gasteiger partial charge in [-0.05, 0) is 54.7 Å². The fraction of sp³-hybridized carbons (Fsp3) is 0.0526. The van der Waals surface area contributed by atoms with E-state index < -0.39 is 5.91 Å². The third-order valence-electron chi connectivity index (χ3n) is 3.90. The van der Waals surface area contributed by atoms with E-state index in [1.54, 1.807) is 0 Å². The van der Waals surface area contributed by atoms with Gasteiger partial charge in [-0.2, -0.15) is 0 Å². The Hall–Kier alpha value is -3.59. The number of hydrogen-bond acceptors (Lipinski definition) is 4. The number of allylic oxidation sites excluding steroid dienone is 1. The van der Waals surface area contributed by atoms with E-state index in [4.69, 9.17) is 12.2 Å². The van der Waals surface area contributed by atoms with Crippen LogP contribution in [0.15, 0.2) is 65.3 Å². The van der Waals surface area contributed by atoms with Gasteiger partial charge in [-0.25, -0.2) is 4.39 Å². The first-order chi connectivity index (χ1) is 13.4. The zero-order valence-electron chi connectivity index (χ0n) is 14.5. The lowest BCUT2D eigenvalue weighted by Crippen LogP contribution is -2.06. The molecule has 28 heavy (non-hydrogen) atoms. The maximum Gasteiger partial charge on any atom is 0.295 e. The number of anilines is 1. The summed E-state index contributed by atoms with van der Waals surface area (Å²) in [6.45, 7) is 3.77. The van der Waals surface area contributed by atoms with Gasteiger partial charge in [0.1, 0.15) is 5.82 Å². The van der Waals surface area contributed by atoms with E-state index in [2.05, 4.69) is 22.1 Å². The van der Waals surface area contributed by atoms with Crippen LogP contribution in [0.1, 0.15) is 10.4 Å². The zero-order valence-corrected chi connectivity index (χ0v) is 15.3. The molecule has 142 valence electrons. The van der Waals surface area contributed by atoms with E-state index >= 15 is 0 Å². The van der Waals surface area contributed by atoms with Gasteiger partial charge in [-0.15, -0.1) is 16.8 Å². The Bertz CT molecular complexity index is 1110. The first kappa shape index (κ1) is 19.2. The molecule has 3 rings (SSSR count). The Morgan fingerprint density at radius 3 is 2.50 bits per heavy atom. The van der Waals surface area contributed by atoms with E-state index in [1.807, 2.05) is 0 Å². The SMILES string of the molecule is C=CCn1c(O)c2ccc(C(=O)N=NC(=S)Nc3ccc(F)cc3)cc2c1O. The molecule has 0 fully saturated rings. The predicted octanol–water partition coefficient (Wildman–Crippen LogP) is 4.37. The number of halogens is 1. The van der Waals surface area contributed by atoms with Gasteiger partial charge in [0.05, 0.1) is 0 Å². The molecule has 0 aliphatic rings. The van der Waals surface area contributed by atoms with Crippen molar-refractivity contribution in [2.75, 3.05) is 5.32 Å². The third kappa shape index (κ3) is 3.89. The van der Waals surface area contributed by atoms with Crippen molar-refractivity contribution in [2.24, 2.45) is 10.2 Å². The summed E-state index contributed by atoms with van der Waals surface area (Å²) in [5, 5.41) is 30.9. The Balaban J connectivity index is 1.78. The smallest absolute Gasteiger partial charge is 0.295 e. The number of nitrogens with one attached hydrogen (secondary N) is 1. The minimum atomic E-state index is -0.680. The number of thiocarbonyl (C=S) groups is 1. The summed E-state index contributed by atoms with van der Waals surface area (Å²) in [4.78, 5) is 12.3. The first-order valence-electron chi connectivity index (χ1n) is 8.08. The summed E-state index contributed by atoms with van der Waals surface area (Å²) >= 11 is 4.98. The van der Waals surface area contributed by atoms with Crippen LogP contribution in [0.4, 0.5) is 10.1 Å². The van der Waals surface area contributed by atoms with Crippen LogP contribution in [0.3, 0.4) is 0 Å². The number of aromatic hydroxyl groups is 2. The number of rotatable bonds is 4. The summed E-state index contributed by atoms with van der Waals surface area (Å²) in [7, 11) is 0. The molecule has 1 aromatic heterocycles. The molecule has 9 heteroatoms. The zero-order chi connectivity index (χ0) is 20.3. The van der Waals surface area contributed by atoms with Crippen molar-refractivity contribution >= 4 is 39.7 Å². The van der Waals surface area contributed by atoms with Crippen LogP contribution in [-0.2, 0) is 6.54 Å². The van der Waals surface area contributed by atoms with E-state index in [0.29, 0.717) is 16.5 Å².